The number of aromatic nitrogens is 2. The van der Waals surface area contributed by atoms with Crippen LogP contribution in [0.15, 0.2) is 108 Å². The second-order valence-corrected chi connectivity index (χ2v) is 12.6. The zero-order valence-corrected chi connectivity index (χ0v) is 29.4. The Labute approximate surface area is 310 Å². The lowest BCUT2D eigenvalue weighted by Gasteiger charge is -2.42. The van der Waals surface area contributed by atoms with E-state index in [4.69, 9.17) is 25.8 Å². The van der Waals surface area contributed by atoms with Gasteiger partial charge in [0.25, 0.3) is 11.9 Å². The molecule has 2 N–H and O–H groups in total. The second-order valence-electron chi connectivity index (χ2n) is 12.2. The highest BCUT2D eigenvalue weighted by Gasteiger charge is 2.58. The van der Waals surface area contributed by atoms with Gasteiger partial charge in [-0.05, 0) is 66.1 Å². The molecule has 280 valence electrons. The molecule has 1 aliphatic rings. The van der Waals surface area contributed by atoms with Crippen LogP contribution in [0.2, 0.25) is 5.02 Å². The van der Waals surface area contributed by atoms with Crippen molar-refractivity contribution in [2.24, 2.45) is 4.99 Å². The van der Waals surface area contributed by atoms with Crippen molar-refractivity contribution in [2.45, 2.75) is 30.1 Å². The van der Waals surface area contributed by atoms with Crippen LogP contribution in [0.1, 0.15) is 45.4 Å². The van der Waals surface area contributed by atoms with Gasteiger partial charge in [0.15, 0.2) is 12.1 Å². The van der Waals surface area contributed by atoms with Crippen LogP contribution in [-0.4, -0.2) is 48.6 Å². The van der Waals surface area contributed by atoms with Crippen molar-refractivity contribution in [3.63, 3.8) is 0 Å². The lowest BCUT2D eigenvalue weighted by atomic mass is 9.77. The van der Waals surface area contributed by atoms with Crippen molar-refractivity contribution < 1.29 is 45.3 Å². The number of carbonyl (C=O) groups is 1. The predicted octanol–water partition coefficient (Wildman–Crippen LogP) is 8.38. The van der Waals surface area contributed by atoms with Crippen LogP contribution in [0.3, 0.4) is 0 Å². The molecule has 0 aliphatic carbocycles. The number of halogens is 7. The van der Waals surface area contributed by atoms with Gasteiger partial charge < -0.3 is 24.8 Å². The Morgan fingerprint density at radius 3 is 2.17 bits per heavy atom. The van der Waals surface area contributed by atoms with Gasteiger partial charge in [0.2, 0.25) is 0 Å². The molecule has 0 spiro atoms. The molecule has 2 aromatic heterocycles. The van der Waals surface area contributed by atoms with Gasteiger partial charge in [-0.2, -0.15) is 22.0 Å². The van der Waals surface area contributed by atoms with Gasteiger partial charge in [-0.1, -0.05) is 66.2 Å². The number of hydrogen-bond donors (Lipinski definition) is 2. The number of methoxy groups -OCH3 is 2. The summed E-state index contributed by atoms with van der Waals surface area (Å²) in [6.45, 7) is -0.296. The zero-order valence-electron chi connectivity index (χ0n) is 28.6. The smallest absolute Gasteiger partial charge is 0.417 e. The van der Waals surface area contributed by atoms with Gasteiger partial charge in [-0.3, -0.25) is 4.79 Å². The number of rotatable bonds is 9. The van der Waals surface area contributed by atoms with E-state index in [1.54, 1.807) is 60.7 Å². The Morgan fingerprint density at radius 1 is 0.852 bits per heavy atom. The molecule has 1 aliphatic heterocycles. The van der Waals surface area contributed by atoms with E-state index >= 15 is 13.2 Å². The summed E-state index contributed by atoms with van der Waals surface area (Å²) in [5.74, 6) is -5.57. The number of hydrogen-bond acceptors (Lipinski definition) is 8. The highest BCUT2D eigenvalue weighted by atomic mass is 35.5. The molecule has 6 rings (SSSR count). The number of nitrogens with zero attached hydrogens (tertiary/aromatic N) is 3. The normalized spacial score (nSPS) is 17.7. The summed E-state index contributed by atoms with van der Waals surface area (Å²) in [6.07, 6.45) is -4.37. The molecule has 54 heavy (non-hydrogen) atoms. The number of carbonyl (C=O) groups excluding carboxylic acids is 1. The van der Waals surface area contributed by atoms with E-state index in [0.717, 1.165) is 19.1 Å². The zero-order chi connectivity index (χ0) is 38.9. The fraction of sp³-hybridized carbons (Fsp3) is 0.211. The number of anilines is 1. The molecule has 5 aromatic rings. The summed E-state index contributed by atoms with van der Waals surface area (Å²) in [6, 6.07) is 25.0. The lowest BCUT2D eigenvalue weighted by molar-refractivity contribution is -0.137. The van der Waals surface area contributed by atoms with Crippen LogP contribution in [0.4, 0.5) is 32.2 Å². The number of ether oxygens (including phenoxy) is 3. The number of benzene rings is 3. The van der Waals surface area contributed by atoms with E-state index in [9.17, 15) is 18.0 Å². The van der Waals surface area contributed by atoms with E-state index in [0.29, 0.717) is 40.5 Å². The molecule has 3 heterocycles. The third kappa shape index (κ3) is 7.10. The van der Waals surface area contributed by atoms with Crippen LogP contribution >= 0.6 is 11.6 Å². The maximum absolute atomic E-state index is 16.0. The van der Waals surface area contributed by atoms with Crippen molar-refractivity contribution in [1.29, 1.82) is 0 Å². The molecule has 2 atom stereocenters. The number of nitrogens with one attached hydrogen (secondary N) is 2. The van der Waals surface area contributed by atoms with E-state index in [1.165, 1.54) is 14.2 Å². The van der Waals surface area contributed by atoms with Gasteiger partial charge in [0.05, 0.1) is 24.8 Å². The summed E-state index contributed by atoms with van der Waals surface area (Å²) in [7, 11) is 3.01. The molecule has 3 aromatic carbocycles. The molecule has 9 nitrogen and oxygen atoms in total. The first kappa shape index (κ1) is 37.9. The first-order valence-corrected chi connectivity index (χ1v) is 16.4. The van der Waals surface area contributed by atoms with Gasteiger partial charge >= 0.3 is 12.1 Å². The van der Waals surface area contributed by atoms with E-state index < -0.39 is 75.3 Å². The van der Waals surface area contributed by atoms with Crippen LogP contribution in [0.5, 0.6) is 11.5 Å². The van der Waals surface area contributed by atoms with Crippen molar-refractivity contribution in [3.05, 3.63) is 148 Å². The number of aliphatic imine (C=N–C) groups is 1. The molecule has 0 radical (unpaired) electrons. The molecule has 0 bridgehead atoms. The Balaban J connectivity index is 1.45. The molecule has 0 saturated carbocycles. The highest BCUT2D eigenvalue weighted by Crippen LogP contribution is 2.46. The topological polar surface area (TPSA) is 107 Å². The Kier molecular flexibility index (Phi) is 10.2. The van der Waals surface area contributed by atoms with E-state index in [1.807, 2.05) is 18.2 Å². The summed E-state index contributed by atoms with van der Waals surface area (Å²) >= 11 is 5.91. The molecule has 1 unspecified atom stereocenters. The molecular formula is C38H30ClF6N5O4. The molecular weight excluding hydrogens is 740 g/mol. The second kappa shape index (κ2) is 14.5. The minimum absolute atomic E-state index is 0.401. The summed E-state index contributed by atoms with van der Waals surface area (Å²) in [4.78, 5) is 24.8. The Bertz CT molecular complexity index is 2210. The maximum atomic E-state index is 16.0. The first-order valence-electron chi connectivity index (χ1n) is 16.1. The van der Waals surface area contributed by atoms with Crippen molar-refractivity contribution >= 4 is 29.3 Å². The fourth-order valence-corrected chi connectivity index (χ4v) is 6.21. The van der Waals surface area contributed by atoms with Crippen LogP contribution < -0.4 is 20.1 Å². The molecule has 0 fully saturated rings. The van der Waals surface area contributed by atoms with Crippen LogP contribution in [-0.2, 0) is 22.0 Å². The lowest BCUT2D eigenvalue weighted by Crippen LogP contribution is -2.56. The highest BCUT2D eigenvalue weighted by molar-refractivity contribution is 6.34. The molecule has 1 amide bonds. The average molecular weight is 770 g/mol. The van der Waals surface area contributed by atoms with Crippen molar-refractivity contribution in [3.8, 4) is 11.5 Å². The van der Waals surface area contributed by atoms with Gasteiger partial charge in [0, 0.05) is 6.20 Å². The summed E-state index contributed by atoms with van der Waals surface area (Å²) in [5.41, 5.74) is -4.96. The van der Waals surface area contributed by atoms with Crippen LogP contribution in [0, 0.1) is 5.82 Å². The standard InChI is InChI=1S/C38H30ClF6N5O4/c1-35(32-29(40)16-17-30(47-32)48-33(51)31-28(39)19-25(20-46-31)38(43,44)45)36(41,42)21-54-34(49-35)50-37(22-8-5-4-6-9-22,23-12-14-26(52-2)15-13-23)24-10-7-11-27(18-24)53-3/h4-20H,21H2,1-3H3,(H,49,50)(H,47,48,51)/t35-,37?/m1/s1. The maximum Gasteiger partial charge on any atom is 0.417 e. The first-order chi connectivity index (χ1) is 25.6. The number of pyridine rings is 2. The predicted molar refractivity (Wildman–Crippen MR) is 188 cm³/mol. The monoisotopic (exact) mass is 769 g/mol. The number of alkyl halides is 5. The van der Waals surface area contributed by atoms with Crippen molar-refractivity contribution in [2.75, 3.05) is 26.1 Å². The van der Waals surface area contributed by atoms with Gasteiger partial charge in [0.1, 0.15) is 40.1 Å². The fourth-order valence-electron chi connectivity index (χ4n) is 5.96. The summed E-state index contributed by atoms with van der Waals surface area (Å²) < 4.78 is 103. The largest absolute Gasteiger partial charge is 0.497 e. The third-order valence-corrected chi connectivity index (χ3v) is 9.17. The number of amidine groups is 1. The van der Waals surface area contributed by atoms with Crippen LogP contribution in [0.25, 0.3) is 0 Å². The van der Waals surface area contributed by atoms with E-state index in [2.05, 4.69) is 25.6 Å². The minimum atomic E-state index is -4.78. The Morgan fingerprint density at radius 2 is 1.52 bits per heavy atom. The molecule has 0 saturated heterocycles. The number of amides is 1. The molecule has 16 heteroatoms. The third-order valence-electron chi connectivity index (χ3n) is 8.89. The SMILES string of the molecule is COc1ccc(C(NC2=N[C@](C)(c3nc(NC(=O)c4ncc(C(F)(F)F)cc4Cl)ccc3F)C(F)(F)CO2)(c2ccccc2)c2cccc(OC)c2)cc1. The van der Waals surface area contributed by atoms with Crippen molar-refractivity contribution in [1.82, 2.24) is 15.3 Å². The van der Waals surface area contributed by atoms with Gasteiger partial charge in [-0.25, -0.2) is 19.4 Å². The summed E-state index contributed by atoms with van der Waals surface area (Å²) in [5, 5.41) is 4.85. The van der Waals surface area contributed by atoms with Gasteiger partial charge in [-0.15, -0.1) is 0 Å². The Hall–Kier alpha value is -5.83. The average Bonchev–Trinajstić information content (AvgIpc) is 3.16. The van der Waals surface area contributed by atoms with E-state index in [-0.39, 0.29) is 0 Å². The minimum Gasteiger partial charge on any atom is -0.497 e. The quantitative estimate of drug-likeness (QED) is 0.115.